The van der Waals surface area contributed by atoms with Gasteiger partial charge in [-0.1, -0.05) is 29.8 Å². The van der Waals surface area contributed by atoms with E-state index in [9.17, 15) is 53.5 Å². The molecule has 2 aromatic carbocycles. The number of carbonyl (C=O) groups excluding carboxylic acids is 2. The first-order chi connectivity index (χ1) is 18.1. The molecule has 1 unspecified atom stereocenters. The summed E-state index contributed by atoms with van der Waals surface area (Å²) in [7, 11) is 0.741. The average Bonchev–Trinajstić information content (AvgIpc) is 2.81. The van der Waals surface area contributed by atoms with Crippen molar-refractivity contribution in [3.05, 3.63) is 74.8 Å². The number of hydrazine groups is 1. The monoisotopic (exact) mass is 607 g/mol. The number of nitrogens with one attached hydrogen (secondary N) is 2. The zero-order valence-corrected chi connectivity index (χ0v) is 21.4. The van der Waals surface area contributed by atoms with Gasteiger partial charge in [0.25, 0.3) is 5.91 Å². The zero-order chi connectivity index (χ0) is 30.8. The molecule has 2 aromatic rings. The van der Waals surface area contributed by atoms with Crippen molar-refractivity contribution >= 4 is 29.4 Å². The predicted molar refractivity (Wildman–Crippen MR) is 125 cm³/mol. The Labute approximate surface area is 225 Å². The van der Waals surface area contributed by atoms with Crippen molar-refractivity contribution in [2.24, 2.45) is 0 Å². The van der Waals surface area contributed by atoms with E-state index < -0.39 is 71.0 Å². The molecule has 2 rings (SSSR count). The van der Waals surface area contributed by atoms with Gasteiger partial charge in [-0.05, 0) is 48.7 Å². The molecular weight excluding hydrogens is 588 g/mol. The number of aryl methyl sites for hydroxylation is 2. The van der Waals surface area contributed by atoms with E-state index in [-0.39, 0.29) is 33.3 Å². The van der Waals surface area contributed by atoms with E-state index in [4.69, 9.17) is 11.6 Å². The first-order valence-electron chi connectivity index (χ1n) is 10.9. The van der Waals surface area contributed by atoms with Gasteiger partial charge in [0.2, 0.25) is 0 Å². The fraction of sp³-hybridized carbons (Fsp3) is 0.333. The number of hydrogen-bond acceptors (Lipinski definition) is 2. The zero-order valence-electron chi connectivity index (χ0n) is 20.7. The Hall–Kier alpha value is -3.49. The Morgan fingerprint density at radius 1 is 0.975 bits per heavy atom. The van der Waals surface area contributed by atoms with E-state index in [0.29, 0.717) is 12.1 Å². The molecule has 0 bridgehead atoms. The molecule has 40 heavy (non-hydrogen) atoms. The summed E-state index contributed by atoms with van der Waals surface area (Å²) in [5.41, 5.74) is -2.19. The van der Waals surface area contributed by atoms with E-state index in [2.05, 4.69) is 0 Å². The second-order valence-electron chi connectivity index (χ2n) is 8.53. The molecule has 16 heteroatoms. The molecule has 0 aliphatic rings. The SMILES string of the molecule is Cc1cc(C(/C=C(\F)c2ccc(C(=O)NN(C)C(=O)NCC(F)(F)F)c(C(F)(F)F)c2)C(F)(F)F)cc(C)c1Cl. The second kappa shape index (κ2) is 11.9. The molecule has 0 saturated carbocycles. The number of urea groups is 1. The minimum Gasteiger partial charge on any atom is -0.327 e. The van der Waals surface area contributed by atoms with Crippen molar-refractivity contribution < 1.29 is 53.5 Å². The largest absolute Gasteiger partial charge is 0.417 e. The minimum atomic E-state index is -5.33. The second-order valence-corrected chi connectivity index (χ2v) is 8.91. The van der Waals surface area contributed by atoms with Crippen LogP contribution in [0.25, 0.3) is 5.83 Å². The quantitative estimate of drug-likeness (QED) is 0.274. The number of benzene rings is 2. The molecule has 2 N–H and O–H groups in total. The van der Waals surface area contributed by atoms with Crippen molar-refractivity contribution in [1.82, 2.24) is 15.8 Å². The summed E-state index contributed by atoms with van der Waals surface area (Å²) in [4.78, 5) is 24.0. The lowest BCUT2D eigenvalue weighted by Gasteiger charge is -2.21. The summed E-state index contributed by atoms with van der Waals surface area (Å²) >= 11 is 5.97. The average molecular weight is 608 g/mol. The minimum absolute atomic E-state index is 0.0795. The van der Waals surface area contributed by atoms with Crippen LogP contribution in [0.5, 0.6) is 0 Å². The highest BCUT2D eigenvalue weighted by molar-refractivity contribution is 6.32. The first-order valence-corrected chi connectivity index (χ1v) is 11.3. The van der Waals surface area contributed by atoms with E-state index in [1.165, 1.54) is 19.2 Å². The van der Waals surface area contributed by atoms with Gasteiger partial charge in [-0.25, -0.2) is 14.2 Å². The number of carbonyl (C=O) groups is 2. The highest BCUT2D eigenvalue weighted by atomic mass is 35.5. The standard InChI is InChI=1S/C24H20ClF10N3O2/c1-11-6-14(7-12(2)19(11)25)16(23(30,31)32)9-18(26)13-4-5-15(17(8-13)24(33,34)35)20(39)37-38(3)21(40)36-10-22(27,28)29/h4-9,16H,10H2,1-3H3,(H,36,40)(H,37,39)/b18-9-. The Kier molecular flexibility index (Phi) is 9.77. The number of alkyl halides is 9. The third-order valence-electron chi connectivity index (χ3n) is 5.34. The lowest BCUT2D eigenvalue weighted by molar-refractivity contribution is -0.140. The van der Waals surface area contributed by atoms with Crippen molar-refractivity contribution in [2.45, 2.75) is 38.3 Å². The summed E-state index contributed by atoms with van der Waals surface area (Å²) in [6, 6.07) is 1.75. The van der Waals surface area contributed by atoms with Crippen LogP contribution in [0, 0.1) is 13.8 Å². The Bertz CT molecular complexity index is 1280. The topological polar surface area (TPSA) is 61.4 Å². The van der Waals surface area contributed by atoms with Gasteiger partial charge in [0, 0.05) is 17.6 Å². The summed E-state index contributed by atoms with van der Waals surface area (Å²) < 4.78 is 134. The first kappa shape index (κ1) is 32.7. The summed E-state index contributed by atoms with van der Waals surface area (Å²) in [6.07, 6.45) is -15.1. The summed E-state index contributed by atoms with van der Waals surface area (Å²) in [5.74, 6) is -5.87. The lowest BCUT2D eigenvalue weighted by Crippen LogP contribution is -2.50. The van der Waals surface area contributed by atoms with Gasteiger partial charge in [-0.2, -0.15) is 39.5 Å². The van der Waals surface area contributed by atoms with Crippen molar-refractivity contribution in [3.8, 4) is 0 Å². The fourth-order valence-corrected chi connectivity index (χ4v) is 3.57. The summed E-state index contributed by atoms with van der Waals surface area (Å²) in [6.45, 7) is 1.04. The van der Waals surface area contributed by atoms with E-state index in [0.717, 1.165) is 19.2 Å². The summed E-state index contributed by atoms with van der Waals surface area (Å²) in [5, 5.41) is 1.70. The Balaban J connectivity index is 2.45. The Morgan fingerprint density at radius 2 is 1.52 bits per heavy atom. The lowest BCUT2D eigenvalue weighted by atomic mass is 9.93. The van der Waals surface area contributed by atoms with E-state index in [1.807, 2.05) is 0 Å². The van der Waals surface area contributed by atoms with Crippen molar-refractivity contribution in [1.29, 1.82) is 0 Å². The van der Waals surface area contributed by atoms with Crippen LogP contribution in [0.15, 0.2) is 36.4 Å². The highest BCUT2D eigenvalue weighted by Crippen LogP contribution is 2.41. The molecule has 0 radical (unpaired) electrons. The maximum Gasteiger partial charge on any atom is 0.417 e. The van der Waals surface area contributed by atoms with Gasteiger partial charge in [0.05, 0.1) is 11.1 Å². The molecule has 1 atom stereocenters. The van der Waals surface area contributed by atoms with Gasteiger partial charge in [-0.15, -0.1) is 0 Å². The van der Waals surface area contributed by atoms with E-state index >= 15 is 0 Å². The Morgan fingerprint density at radius 3 is 2.00 bits per heavy atom. The smallest absolute Gasteiger partial charge is 0.327 e. The van der Waals surface area contributed by atoms with E-state index in [1.54, 1.807) is 5.43 Å². The number of nitrogens with zero attached hydrogens (tertiary/aromatic N) is 1. The molecule has 0 aliphatic heterocycles. The maximum absolute atomic E-state index is 15.0. The van der Waals surface area contributed by atoms with Gasteiger partial charge in [0.15, 0.2) is 0 Å². The molecule has 3 amide bonds. The molecule has 0 aromatic heterocycles. The highest BCUT2D eigenvalue weighted by Gasteiger charge is 2.41. The van der Waals surface area contributed by atoms with Crippen LogP contribution in [0.4, 0.5) is 48.7 Å². The van der Waals surface area contributed by atoms with Gasteiger partial charge >= 0.3 is 24.6 Å². The number of allylic oxidation sites excluding steroid dienone is 1. The molecule has 0 aliphatic carbocycles. The molecule has 0 saturated heterocycles. The van der Waals surface area contributed by atoms with Crippen LogP contribution in [-0.2, 0) is 6.18 Å². The van der Waals surface area contributed by atoms with Crippen LogP contribution in [0.1, 0.15) is 44.1 Å². The predicted octanol–water partition coefficient (Wildman–Crippen LogP) is 7.48. The van der Waals surface area contributed by atoms with Crippen LogP contribution in [-0.4, -0.2) is 42.9 Å². The van der Waals surface area contributed by atoms with Crippen LogP contribution >= 0.6 is 11.6 Å². The maximum atomic E-state index is 15.0. The fourth-order valence-electron chi connectivity index (χ4n) is 3.46. The van der Waals surface area contributed by atoms with Gasteiger partial charge in [-0.3, -0.25) is 10.2 Å². The molecule has 0 heterocycles. The number of hydrogen-bond donors (Lipinski definition) is 2. The normalized spacial score (nSPS) is 13.6. The third kappa shape index (κ3) is 8.50. The molecule has 0 spiro atoms. The molecule has 0 fully saturated rings. The molecular formula is C24H20ClF10N3O2. The van der Waals surface area contributed by atoms with Crippen LogP contribution < -0.4 is 10.7 Å². The van der Waals surface area contributed by atoms with Crippen molar-refractivity contribution in [3.63, 3.8) is 0 Å². The van der Waals surface area contributed by atoms with Gasteiger partial charge < -0.3 is 5.32 Å². The van der Waals surface area contributed by atoms with Gasteiger partial charge in [0.1, 0.15) is 18.3 Å². The van der Waals surface area contributed by atoms with Crippen LogP contribution in [0.3, 0.4) is 0 Å². The number of rotatable bonds is 5. The molecule has 220 valence electrons. The van der Waals surface area contributed by atoms with Crippen molar-refractivity contribution in [2.75, 3.05) is 13.6 Å². The number of amides is 3. The number of halogens is 11. The molecule has 5 nitrogen and oxygen atoms in total. The van der Waals surface area contributed by atoms with Crippen LogP contribution in [0.2, 0.25) is 5.02 Å². The third-order valence-corrected chi connectivity index (χ3v) is 5.94.